The zero-order chi connectivity index (χ0) is 38.6. The summed E-state index contributed by atoms with van der Waals surface area (Å²) < 4.78 is 0. The lowest BCUT2D eigenvalue weighted by Gasteiger charge is -2.15. The van der Waals surface area contributed by atoms with E-state index < -0.39 is 0 Å². The van der Waals surface area contributed by atoms with Gasteiger partial charge in [0.05, 0.1) is 33.5 Å². The highest BCUT2D eigenvalue weighted by Gasteiger charge is 2.26. The third-order valence-electron chi connectivity index (χ3n) is 12.7. The van der Waals surface area contributed by atoms with Gasteiger partial charge in [-0.1, -0.05) is 47.6 Å². The molecule has 4 N–H and O–H groups in total. The van der Waals surface area contributed by atoms with Gasteiger partial charge in [-0.15, -0.1) is 0 Å². The van der Waals surface area contributed by atoms with E-state index in [0.717, 1.165) is 89.3 Å². The zero-order valence-electron chi connectivity index (χ0n) is 34.8. The summed E-state index contributed by atoms with van der Waals surface area (Å²) in [4.78, 5) is 22.5. The number of H-pyrrole nitrogens is 3. The van der Waals surface area contributed by atoms with Gasteiger partial charge in [0.2, 0.25) is 0 Å². The van der Waals surface area contributed by atoms with E-state index in [4.69, 9.17) is 9.98 Å². The first-order valence-corrected chi connectivity index (χ1v) is 20.5. The van der Waals surface area contributed by atoms with E-state index in [1.165, 1.54) is 83.9 Å². The molecular formula is C48H60N6. The van der Waals surface area contributed by atoms with Gasteiger partial charge in [0.25, 0.3) is 0 Å². The number of rotatable bonds is 6. The average Bonchev–Trinajstić information content (AvgIpc) is 3.88. The summed E-state index contributed by atoms with van der Waals surface area (Å²) in [5.74, 6) is 0.203. The van der Waals surface area contributed by atoms with Crippen LogP contribution in [-0.4, -0.2) is 32.9 Å². The highest BCUT2D eigenvalue weighted by atomic mass is 14.9. The Labute approximate surface area is 321 Å². The lowest BCUT2D eigenvalue weighted by Crippen LogP contribution is -2.20. The van der Waals surface area contributed by atoms with Crippen LogP contribution >= 0.6 is 0 Å². The molecule has 0 fully saturated rings. The van der Waals surface area contributed by atoms with Crippen LogP contribution in [0.25, 0.3) is 18.2 Å². The number of allylic oxidation sites excluding steroid dienone is 7. The van der Waals surface area contributed by atoms with E-state index in [2.05, 4.69) is 134 Å². The molecule has 4 aliphatic heterocycles. The van der Waals surface area contributed by atoms with Gasteiger partial charge in [-0.2, -0.15) is 0 Å². The second kappa shape index (κ2) is 14.8. The van der Waals surface area contributed by atoms with Gasteiger partial charge in [-0.3, -0.25) is 0 Å². The van der Waals surface area contributed by atoms with Crippen LogP contribution in [-0.2, 0) is 19.3 Å². The molecule has 0 saturated heterocycles. The molecule has 54 heavy (non-hydrogen) atoms. The minimum absolute atomic E-state index is 0.203. The summed E-state index contributed by atoms with van der Waals surface area (Å²) >= 11 is 0. The minimum Gasteiger partial charge on any atom is -0.384 e. The Hall–Kier alpha value is -4.84. The Bertz CT molecular complexity index is 2550. The summed E-state index contributed by atoms with van der Waals surface area (Å²) in [6.07, 6.45) is 17.3. The highest BCUT2D eigenvalue weighted by Crippen LogP contribution is 2.36. The number of aliphatic imine (C=N–C) groups is 2. The van der Waals surface area contributed by atoms with Crippen LogP contribution in [0.2, 0.25) is 0 Å². The van der Waals surface area contributed by atoms with E-state index in [9.17, 15) is 0 Å². The van der Waals surface area contributed by atoms with Gasteiger partial charge in [0.1, 0.15) is 0 Å². The van der Waals surface area contributed by atoms with Crippen LogP contribution in [0.1, 0.15) is 132 Å². The number of hydrogen-bond donors (Lipinski definition) is 4. The summed E-state index contributed by atoms with van der Waals surface area (Å²) in [6, 6.07) is 0. The minimum atomic E-state index is 0.203. The number of fused-ring (bicyclic) bond motifs is 12. The fourth-order valence-electron chi connectivity index (χ4n) is 9.61. The molecule has 7 rings (SSSR count). The Morgan fingerprint density at radius 1 is 0.556 bits per heavy atom. The van der Waals surface area contributed by atoms with Crippen molar-refractivity contribution in [3.05, 3.63) is 129 Å². The molecule has 0 aromatic carbocycles. The lowest BCUT2D eigenvalue weighted by atomic mass is 9.95. The van der Waals surface area contributed by atoms with E-state index in [0.29, 0.717) is 0 Å². The van der Waals surface area contributed by atoms with Crippen LogP contribution in [0, 0.1) is 31.5 Å². The van der Waals surface area contributed by atoms with Crippen molar-refractivity contribution in [1.82, 2.24) is 20.3 Å². The maximum absolute atomic E-state index is 5.37. The first-order valence-electron chi connectivity index (χ1n) is 20.5. The van der Waals surface area contributed by atoms with Crippen molar-refractivity contribution in [3.63, 3.8) is 0 Å². The Morgan fingerprint density at radius 2 is 1.06 bits per heavy atom. The third kappa shape index (κ3) is 6.12. The predicted octanol–water partition coefficient (Wildman–Crippen LogP) is 9.73. The molecule has 0 saturated carbocycles. The molecule has 3 aromatic heterocycles. The standard InChI is InChI=1S/C48H60N6/c1-13-32-25(7)19-31-24-49-40(32)20-38-26(8)33(14-2)41(50-38)22-44-36(17-5)29(11)47(53-44)48-30(12)37(18-6)45(54-48)23-42-34(15-3)27(9)39(51-42)21-43-35(16-4)28(10)46(31)52-43/h19-23,31,49,52-54H,13-18,24H2,1-12H3/b38-20-,39-21-,44-22-,45-23-,48-47-. The molecular weight excluding hydrogens is 661 g/mol. The molecule has 0 amide bonds. The van der Waals surface area contributed by atoms with Crippen molar-refractivity contribution in [2.75, 3.05) is 6.54 Å². The molecule has 0 spiro atoms. The average molecular weight is 721 g/mol. The summed E-state index contributed by atoms with van der Waals surface area (Å²) in [6.45, 7) is 28.0. The molecule has 6 heteroatoms. The quantitative estimate of drug-likeness (QED) is 0.201. The van der Waals surface area contributed by atoms with E-state index in [1.807, 2.05) is 0 Å². The van der Waals surface area contributed by atoms with Crippen molar-refractivity contribution in [1.29, 1.82) is 0 Å². The van der Waals surface area contributed by atoms with E-state index in [-0.39, 0.29) is 5.92 Å². The van der Waals surface area contributed by atoms with Crippen LogP contribution in [0.3, 0.4) is 0 Å². The second-order valence-corrected chi connectivity index (χ2v) is 15.5. The fraction of sp³-hybridized carbons (Fsp3) is 0.417. The fourth-order valence-corrected chi connectivity index (χ4v) is 9.61. The van der Waals surface area contributed by atoms with Crippen molar-refractivity contribution in [2.45, 2.75) is 128 Å². The monoisotopic (exact) mass is 720 g/mol. The van der Waals surface area contributed by atoms with Gasteiger partial charge >= 0.3 is 0 Å². The summed E-state index contributed by atoms with van der Waals surface area (Å²) in [7, 11) is 0. The zero-order valence-corrected chi connectivity index (χ0v) is 34.8. The molecule has 3 aromatic rings. The maximum atomic E-state index is 5.37. The summed E-state index contributed by atoms with van der Waals surface area (Å²) in [5, 5.41) is 8.54. The second-order valence-electron chi connectivity index (χ2n) is 15.5. The van der Waals surface area contributed by atoms with Gasteiger partial charge in [-0.05, 0) is 171 Å². The van der Waals surface area contributed by atoms with Crippen LogP contribution < -0.4 is 16.0 Å². The van der Waals surface area contributed by atoms with Gasteiger partial charge < -0.3 is 20.3 Å². The van der Waals surface area contributed by atoms with Gasteiger partial charge in [0.15, 0.2) is 0 Å². The predicted molar refractivity (Wildman–Crippen MR) is 229 cm³/mol. The normalized spacial score (nSPS) is 22.4. The number of hydrogen-bond acceptors (Lipinski definition) is 3. The Morgan fingerprint density at radius 3 is 1.54 bits per heavy atom. The molecule has 1 atom stereocenters. The molecule has 1 unspecified atom stereocenters. The maximum Gasteiger partial charge on any atom is 0.0693 e. The van der Waals surface area contributed by atoms with E-state index >= 15 is 0 Å². The Kier molecular flexibility index (Phi) is 10.2. The number of nitrogens with zero attached hydrogens (tertiary/aromatic N) is 2. The molecule has 6 nitrogen and oxygen atoms in total. The van der Waals surface area contributed by atoms with Crippen molar-refractivity contribution in [3.8, 4) is 0 Å². The van der Waals surface area contributed by atoms with Crippen molar-refractivity contribution in [2.24, 2.45) is 9.98 Å². The molecule has 0 aliphatic carbocycles. The topological polar surface area (TPSA) is 84.1 Å². The largest absolute Gasteiger partial charge is 0.384 e. The van der Waals surface area contributed by atoms with Gasteiger partial charge in [0, 0.05) is 40.2 Å². The lowest BCUT2D eigenvalue weighted by molar-refractivity contribution is 0.721. The van der Waals surface area contributed by atoms with E-state index in [1.54, 1.807) is 0 Å². The first-order chi connectivity index (χ1) is 26.0. The number of nitrogens with one attached hydrogen (secondary N) is 4. The van der Waals surface area contributed by atoms with Crippen LogP contribution in [0.5, 0.6) is 0 Å². The SMILES string of the molecule is CCC1=C2/C=C3N=C(/C=c4\[nH]/c(c(C)c4CC)=c4\[nH]/c(c(CC)c4C)=C\C4=NC(=C\c5[nH]c(c(C)c5CC)C(C=C1C)CN2)/C(C)=C4CC)C(CC)=C\3C. The first kappa shape index (κ1) is 37.5. The smallest absolute Gasteiger partial charge is 0.0693 e. The van der Waals surface area contributed by atoms with Crippen LogP contribution in [0.4, 0.5) is 0 Å². The summed E-state index contributed by atoms with van der Waals surface area (Å²) in [5.41, 5.74) is 23.7. The number of aromatic amines is 3. The van der Waals surface area contributed by atoms with Crippen LogP contribution in [0.15, 0.2) is 72.7 Å². The molecule has 282 valence electrons. The molecule has 7 heterocycles. The third-order valence-corrected chi connectivity index (χ3v) is 12.7. The molecule has 4 aliphatic rings. The molecule has 0 radical (unpaired) electrons. The highest BCUT2D eigenvalue weighted by molar-refractivity contribution is 6.24. The van der Waals surface area contributed by atoms with Crippen molar-refractivity contribution >= 4 is 29.7 Å². The molecule has 12 bridgehead atoms. The Balaban J connectivity index is 1.57. The van der Waals surface area contributed by atoms with Gasteiger partial charge in [-0.25, -0.2) is 9.98 Å². The van der Waals surface area contributed by atoms with Crippen molar-refractivity contribution < 1.29 is 0 Å². The number of aromatic nitrogens is 3.